The van der Waals surface area contributed by atoms with Gasteiger partial charge in [-0.3, -0.25) is 0 Å². The highest BCUT2D eigenvalue weighted by molar-refractivity contribution is 5.86. The van der Waals surface area contributed by atoms with Crippen molar-refractivity contribution in [3.05, 3.63) is 24.3 Å². The Kier molecular flexibility index (Phi) is 3.74. The van der Waals surface area contributed by atoms with Gasteiger partial charge in [-0.05, 0) is 11.8 Å². The van der Waals surface area contributed by atoms with Crippen LogP contribution in [0.15, 0.2) is 24.3 Å². The van der Waals surface area contributed by atoms with Gasteiger partial charge < -0.3 is 5.11 Å². The Morgan fingerprint density at radius 2 is 2.00 bits per heavy atom. The normalized spacial score (nSPS) is 12.8. The molecule has 0 saturated heterocycles. The lowest BCUT2D eigenvalue weighted by Crippen LogP contribution is -2.07. The Bertz CT molecular complexity index is 206. The van der Waals surface area contributed by atoms with Crippen molar-refractivity contribution in [2.75, 3.05) is 0 Å². The number of carboxylic acid groups (broad SMARTS) is 1. The number of carbonyl (C=O) groups is 1. The van der Waals surface area contributed by atoms with E-state index in [1.807, 2.05) is 20.8 Å². The van der Waals surface area contributed by atoms with Crippen molar-refractivity contribution < 1.29 is 9.90 Å². The minimum Gasteiger partial charge on any atom is -0.478 e. The first-order valence-corrected chi connectivity index (χ1v) is 3.93. The standard InChI is InChI=1S/C10H16O2/c1-5-6-8(9(11)12)7-10(2,3)4/h5,7H,1,6H2,2-4H3,(H,11,12). The molecule has 0 amide bonds. The highest BCUT2D eigenvalue weighted by atomic mass is 16.4. The molecule has 0 saturated carbocycles. The summed E-state index contributed by atoms with van der Waals surface area (Å²) in [6.45, 7) is 9.42. The number of hydrogen-bond acceptors (Lipinski definition) is 1. The molecule has 0 aliphatic heterocycles. The van der Waals surface area contributed by atoms with Crippen molar-refractivity contribution in [2.24, 2.45) is 5.41 Å². The lowest BCUT2D eigenvalue weighted by molar-refractivity contribution is -0.132. The second kappa shape index (κ2) is 4.10. The molecule has 0 bridgehead atoms. The van der Waals surface area contributed by atoms with Gasteiger partial charge in [0.15, 0.2) is 0 Å². The molecular formula is C10H16O2. The highest BCUT2D eigenvalue weighted by Gasteiger charge is 2.12. The lowest BCUT2D eigenvalue weighted by atomic mass is 9.92. The minimum atomic E-state index is -0.857. The molecular weight excluding hydrogens is 152 g/mol. The van der Waals surface area contributed by atoms with Gasteiger partial charge in [0.25, 0.3) is 0 Å². The fraction of sp³-hybridized carbons (Fsp3) is 0.500. The van der Waals surface area contributed by atoms with Crippen LogP contribution in [0.5, 0.6) is 0 Å². The van der Waals surface area contributed by atoms with E-state index in [4.69, 9.17) is 5.11 Å². The third-order valence-corrected chi connectivity index (χ3v) is 1.25. The van der Waals surface area contributed by atoms with Crippen LogP contribution in [-0.2, 0) is 4.79 Å². The summed E-state index contributed by atoms with van der Waals surface area (Å²) >= 11 is 0. The Labute approximate surface area is 73.6 Å². The zero-order valence-electron chi connectivity index (χ0n) is 7.92. The van der Waals surface area contributed by atoms with Crippen LogP contribution in [0.4, 0.5) is 0 Å². The molecule has 68 valence electrons. The van der Waals surface area contributed by atoms with E-state index in [1.165, 1.54) is 0 Å². The topological polar surface area (TPSA) is 37.3 Å². The molecule has 12 heavy (non-hydrogen) atoms. The molecule has 0 aliphatic rings. The van der Waals surface area contributed by atoms with E-state index in [2.05, 4.69) is 6.58 Å². The molecule has 1 N–H and O–H groups in total. The number of carboxylic acids is 1. The first kappa shape index (κ1) is 11.0. The molecule has 0 spiro atoms. The maximum atomic E-state index is 10.7. The summed E-state index contributed by atoms with van der Waals surface area (Å²) in [7, 11) is 0. The van der Waals surface area contributed by atoms with Gasteiger partial charge in [0.05, 0.1) is 0 Å². The third-order valence-electron chi connectivity index (χ3n) is 1.25. The van der Waals surface area contributed by atoms with Crippen molar-refractivity contribution in [1.82, 2.24) is 0 Å². The van der Waals surface area contributed by atoms with Crippen molar-refractivity contribution in [3.63, 3.8) is 0 Å². The zero-order chi connectivity index (χ0) is 9.78. The van der Waals surface area contributed by atoms with Gasteiger partial charge in [-0.1, -0.05) is 32.9 Å². The molecule has 0 aromatic heterocycles. The average molecular weight is 168 g/mol. The van der Waals surface area contributed by atoms with Crippen LogP contribution < -0.4 is 0 Å². The van der Waals surface area contributed by atoms with Crippen molar-refractivity contribution in [3.8, 4) is 0 Å². The van der Waals surface area contributed by atoms with Gasteiger partial charge in [-0.2, -0.15) is 0 Å². The van der Waals surface area contributed by atoms with E-state index in [0.29, 0.717) is 12.0 Å². The van der Waals surface area contributed by atoms with Gasteiger partial charge in [-0.15, -0.1) is 6.58 Å². The van der Waals surface area contributed by atoms with Crippen LogP contribution in [0.25, 0.3) is 0 Å². The Hall–Kier alpha value is -1.05. The molecule has 0 aromatic rings. The van der Waals surface area contributed by atoms with E-state index < -0.39 is 5.97 Å². The van der Waals surface area contributed by atoms with Crippen LogP contribution in [0.2, 0.25) is 0 Å². The molecule has 0 unspecified atom stereocenters. The first-order chi connectivity index (χ1) is 5.37. The molecule has 0 fully saturated rings. The maximum absolute atomic E-state index is 10.7. The summed E-state index contributed by atoms with van der Waals surface area (Å²) in [5.74, 6) is -0.857. The summed E-state index contributed by atoms with van der Waals surface area (Å²) in [5.41, 5.74) is 0.328. The van der Waals surface area contributed by atoms with E-state index in [1.54, 1.807) is 12.2 Å². The fourth-order valence-electron chi connectivity index (χ4n) is 0.886. The van der Waals surface area contributed by atoms with Crippen molar-refractivity contribution >= 4 is 5.97 Å². The minimum absolute atomic E-state index is 0.0866. The van der Waals surface area contributed by atoms with Gasteiger partial charge in [0.1, 0.15) is 0 Å². The number of rotatable bonds is 3. The predicted molar refractivity (Wildman–Crippen MR) is 50.0 cm³/mol. The summed E-state index contributed by atoms with van der Waals surface area (Å²) in [6.07, 6.45) is 3.79. The lowest BCUT2D eigenvalue weighted by Gasteiger charge is -2.13. The summed E-state index contributed by atoms with van der Waals surface area (Å²) < 4.78 is 0. The summed E-state index contributed by atoms with van der Waals surface area (Å²) in [6, 6.07) is 0. The molecule has 0 rings (SSSR count). The molecule has 0 aliphatic carbocycles. The number of allylic oxidation sites excluding steroid dienone is 2. The smallest absolute Gasteiger partial charge is 0.331 e. The van der Waals surface area contributed by atoms with E-state index >= 15 is 0 Å². The Morgan fingerprint density at radius 1 is 1.50 bits per heavy atom. The van der Waals surface area contributed by atoms with Crippen LogP contribution in [0.3, 0.4) is 0 Å². The third kappa shape index (κ3) is 4.72. The zero-order valence-corrected chi connectivity index (χ0v) is 7.92. The summed E-state index contributed by atoms with van der Waals surface area (Å²) in [5, 5.41) is 8.75. The fourth-order valence-corrected chi connectivity index (χ4v) is 0.886. The van der Waals surface area contributed by atoms with Crippen LogP contribution in [0, 0.1) is 5.41 Å². The quantitative estimate of drug-likeness (QED) is 0.519. The second-order valence-electron chi connectivity index (χ2n) is 3.83. The van der Waals surface area contributed by atoms with E-state index in [0.717, 1.165) is 0 Å². The molecule has 0 aromatic carbocycles. The first-order valence-electron chi connectivity index (χ1n) is 3.93. The predicted octanol–water partition coefficient (Wildman–Crippen LogP) is 2.62. The molecule has 0 heterocycles. The summed E-state index contributed by atoms with van der Waals surface area (Å²) in [4.78, 5) is 10.7. The van der Waals surface area contributed by atoms with Crippen LogP contribution in [0.1, 0.15) is 27.2 Å². The Balaban J connectivity index is 4.61. The Morgan fingerprint density at radius 3 is 2.25 bits per heavy atom. The van der Waals surface area contributed by atoms with Gasteiger partial charge in [0.2, 0.25) is 0 Å². The van der Waals surface area contributed by atoms with Crippen molar-refractivity contribution in [1.29, 1.82) is 0 Å². The largest absolute Gasteiger partial charge is 0.478 e. The number of aliphatic carboxylic acids is 1. The SMILES string of the molecule is C=CCC(=CC(C)(C)C)C(=O)O. The van der Waals surface area contributed by atoms with E-state index in [9.17, 15) is 4.79 Å². The monoisotopic (exact) mass is 168 g/mol. The highest BCUT2D eigenvalue weighted by Crippen LogP contribution is 2.19. The van der Waals surface area contributed by atoms with E-state index in [-0.39, 0.29) is 5.41 Å². The molecule has 0 radical (unpaired) electrons. The van der Waals surface area contributed by atoms with Gasteiger partial charge >= 0.3 is 5.97 Å². The molecule has 2 heteroatoms. The van der Waals surface area contributed by atoms with Crippen LogP contribution in [-0.4, -0.2) is 11.1 Å². The van der Waals surface area contributed by atoms with Crippen molar-refractivity contribution in [2.45, 2.75) is 27.2 Å². The average Bonchev–Trinajstić information content (AvgIpc) is 1.83. The molecule has 0 atom stereocenters. The van der Waals surface area contributed by atoms with Crippen LogP contribution >= 0.6 is 0 Å². The van der Waals surface area contributed by atoms with Gasteiger partial charge in [0, 0.05) is 5.57 Å². The number of hydrogen-bond donors (Lipinski definition) is 1. The van der Waals surface area contributed by atoms with Gasteiger partial charge in [-0.25, -0.2) is 4.79 Å². The maximum Gasteiger partial charge on any atom is 0.331 e. The second-order valence-corrected chi connectivity index (χ2v) is 3.83. The molecule has 2 nitrogen and oxygen atoms in total.